The van der Waals surface area contributed by atoms with E-state index in [-0.39, 0.29) is 11.4 Å². The van der Waals surface area contributed by atoms with Crippen LogP contribution in [-0.4, -0.2) is 25.1 Å². The lowest BCUT2D eigenvalue weighted by molar-refractivity contribution is -0.115. The summed E-state index contributed by atoms with van der Waals surface area (Å²) in [7, 11) is 1.62. The number of benzene rings is 1. The summed E-state index contributed by atoms with van der Waals surface area (Å²) in [5.41, 5.74) is 0.932. The van der Waals surface area contributed by atoms with Crippen molar-refractivity contribution in [3.8, 4) is 5.75 Å². The van der Waals surface area contributed by atoms with Crippen molar-refractivity contribution in [1.29, 1.82) is 0 Å². The van der Waals surface area contributed by atoms with Crippen molar-refractivity contribution < 1.29 is 9.53 Å². The second kappa shape index (κ2) is 6.06. The van der Waals surface area contributed by atoms with Crippen molar-refractivity contribution in [2.75, 3.05) is 19.0 Å². The monoisotopic (exact) mass is 262 g/mol. The van der Waals surface area contributed by atoms with Crippen LogP contribution < -0.4 is 15.4 Å². The molecule has 1 amide bonds. The Morgan fingerprint density at radius 2 is 1.89 bits per heavy atom. The van der Waals surface area contributed by atoms with Crippen LogP contribution in [0.2, 0.25) is 0 Å². The molecule has 1 aromatic carbocycles. The number of hydrogen-bond acceptors (Lipinski definition) is 3. The molecule has 4 heteroatoms. The highest BCUT2D eigenvalue weighted by atomic mass is 16.5. The average Bonchev–Trinajstić information content (AvgIpc) is 2.85. The molecule has 0 saturated heterocycles. The van der Waals surface area contributed by atoms with Crippen molar-refractivity contribution in [1.82, 2.24) is 5.32 Å². The predicted molar refractivity (Wildman–Crippen MR) is 76.5 cm³/mol. The van der Waals surface area contributed by atoms with E-state index in [9.17, 15) is 4.79 Å². The molecule has 0 radical (unpaired) electrons. The summed E-state index contributed by atoms with van der Waals surface area (Å²) in [6.45, 7) is 2.56. The number of ether oxygens (including phenoxy) is 1. The Hall–Kier alpha value is -1.55. The number of nitrogens with one attached hydrogen (secondary N) is 2. The molecule has 2 N–H and O–H groups in total. The molecule has 0 bridgehead atoms. The summed E-state index contributed by atoms with van der Waals surface area (Å²) in [5.74, 6) is 0.785. The highest BCUT2D eigenvalue weighted by Gasteiger charge is 2.28. The number of anilines is 1. The third-order valence-electron chi connectivity index (χ3n) is 3.76. The number of carbonyl (C=O) groups excluding carboxylic acids is 1. The van der Waals surface area contributed by atoms with Crippen molar-refractivity contribution in [3.05, 3.63) is 24.3 Å². The highest BCUT2D eigenvalue weighted by Crippen LogP contribution is 2.28. The van der Waals surface area contributed by atoms with E-state index in [1.165, 1.54) is 12.8 Å². The Labute approximate surface area is 114 Å². The van der Waals surface area contributed by atoms with Gasteiger partial charge in [-0.15, -0.1) is 0 Å². The van der Waals surface area contributed by atoms with Crippen LogP contribution >= 0.6 is 0 Å². The topological polar surface area (TPSA) is 50.4 Å². The smallest absolute Gasteiger partial charge is 0.238 e. The van der Waals surface area contributed by atoms with E-state index < -0.39 is 0 Å². The zero-order chi connectivity index (χ0) is 13.7. The minimum atomic E-state index is -0.00158. The molecule has 1 saturated carbocycles. The fourth-order valence-corrected chi connectivity index (χ4v) is 2.51. The molecular weight excluding hydrogens is 240 g/mol. The first-order valence-electron chi connectivity index (χ1n) is 6.80. The summed E-state index contributed by atoms with van der Waals surface area (Å²) in [6.07, 6.45) is 4.82. The van der Waals surface area contributed by atoms with Crippen LogP contribution in [0, 0.1) is 0 Å². The Morgan fingerprint density at radius 3 is 2.47 bits per heavy atom. The molecule has 1 aliphatic carbocycles. The van der Waals surface area contributed by atoms with Gasteiger partial charge in [-0.25, -0.2) is 0 Å². The van der Waals surface area contributed by atoms with Crippen LogP contribution in [0.4, 0.5) is 5.69 Å². The summed E-state index contributed by atoms with van der Waals surface area (Å²) in [6, 6.07) is 7.35. The predicted octanol–water partition coefficient (Wildman–Crippen LogP) is 2.56. The zero-order valence-electron chi connectivity index (χ0n) is 11.7. The van der Waals surface area contributed by atoms with Gasteiger partial charge in [0.25, 0.3) is 0 Å². The first-order valence-corrected chi connectivity index (χ1v) is 6.80. The van der Waals surface area contributed by atoms with Gasteiger partial charge in [-0.2, -0.15) is 0 Å². The van der Waals surface area contributed by atoms with Crippen molar-refractivity contribution in [3.63, 3.8) is 0 Å². The van der Waals surface area contributed by atoms with Gasteiger partial charge in [0.1, 0.15) is 5.75 Å². The largest absolute Gasteiger partial charge is 0.497 e. The third-order valence-corrected chi connectivity index (χ3v) is 3.76. The molecule has 2 rings (SSSR count). The lowest BCUT2D eigenvalue weighted by atomic mass is 10.0. The molecule has 1 fully saturated rings. The Bertz CT molecular complexity index is 422. The minimum absolute atomic E-state index is 0.00158. The second-order valence-electron chi connectivity index (χ2n) is 5.40. The number of rotatable bonds is 5. The molecular formula is C15H22N2O2. The van der Waals surface area contributed by atoms with Gasteiger partial charge in [0.15, 0.2) is 0 Å². The number of hydrogen-bond donors (Lipinski definition) is 2. The van der Waals surface area contributed by atoms with Crippen LogP contribution in [0.5, 0.6) is 5.75 Å². The van der Waals surface area contributed by atoms with E-state index in [1.54, 1.807) is 7.11 Å². The molecule has 1 aliphatic rings. The van der Waals surface area contributed by atoms with Gasteiger partial charge in [-0.1, -0.05) is 12.8 Å². The van der Waals surface area contributed by atoms with E-state index in [0.717, 1.165) is 24.3 Å². The van der Waals surface area contributed by atoms with E-state index in [0.29, 0.717) is 6.54 Å². The molecule has 0 aromatic heterocycles. The maximum atomic E-state index is 11.9. The summed E-state index contributed by atoms with van der Waals surface area (Å²) >= 11 is 0. The van der Waals surface area contributed by atoms with Gasteiger partial charge in [-0.3, -0.25) is 4.79 Å². The van der Waals surface area contributed by atoms with E-state index in [1.807, 2.05) is 24.3 Å². The van der Waals surface area contributed by atoms with Crippen LogP contribution in [0.3, 0.4) is 0 Å². The molecule has 0 unspecified atom stereocenters. The van der Waals surface area contributed by atoms with Crippen molar-refractivity contribution >= 4 is 11.6 Å². The second-order valence-corrected chi connectivity index (χ2v) is 5.40. The number of methoxy groups -OCH3 is 1. The number of carbonyl (C=O) groups is 1. The standard InChI is InChI=1S/C15H22N2O2/c1-15(9-3-4-10-15)16-11-14(18)17-12-5-7-13(19-2)8-6-12/h5-8,16H,3-4,9-11H2,1-2H3,(H,17,18). The molecule has 0 heterocycles. The molecule has 0 spiro atoms. The summed E-state index contributed by atoms with van der Waals surface area (Å²) in [4.78, 5) is 11.9. The van der Waals surface area contributed by atoms with Gasteiger partial charge in [-0.05, 0) is 44.0 Å². The Morgan fingerprint density at radius 1 is 1.26 bits per heavy atom. The van der Waals surface area contributed by atoms with Gasteiger partial charge >= 0.3 is 0 Å². The Balaban J connectivity index is 1.80. The fraction of sp³-hybridized carbons (Fsp3) is 0.533. The van der Waals surface area contributed by atoms with Crippen LogP contribution in [-0.2, 0) is 4.79 Å². The van der Waals surface area contributed by atoms with Gasteiger partial charge in [0.2, 0.25) is 5.91 Å². The van der Waals surface area contributed by atoms with Gasteiger partial charge in [0.05, 0.1) is 13.7 Å². The lowest BCUT2D eigenvalue weighted by Gasteiger charge is -2.24. The summed E-state index contributed by atoms with van der Waals surface area (Å²) in [5, 5.41) is 6.24. The molecule has 19 heavy (non-hydrogen) atoms. The van der Waals surface area contributed by atoms with Crippen molar-refractivity contribution in [2.45, 2.75) is 38.1 Å². The van der Waals surface area contributed by atoms with Crippen molar-refractivity contribution in [2.24, 2.45) is 0 Å². The van der Waals surface area contributed by atoms with Crippen LogP contribution in [0.25, 0.3) is 0 Å². The fourth-order valence-electron chi connectivity index (χ4n) is 2.51. The molecule has 0 aliphatic heterocycles. The zero-order valence-corrected chi connectivity index (χ0v) is 11.7. The quantitative estimate of drug-likeness (QED) is 0.857. The first kappa shape index (κ1) is 13.9. The highest BCUT2D eigenvalue weighted by molar-refractivity contribution is 5.92. The summed E-state index contributed by atoms with van der Waals surface area (Å²) < 4.78 is 5.08. The van der Waals surface area contributed by atoms with Gasteiger partial charge < -0.3 is 15.4 Å². The Kier molecular flexibility index (Phi) is 4.43. The third kappa shape index (κ3) is 3.96. The minimum Gasteiger partial charge on any atom is -0.497 e. The SMILES string of the molecule is COc1ccc(NC(=O)CNC2(C)CCCC2)cc1. The lowest BCUT2D eigenvalue weighted by Crippen LogP contribution is -2.43. The maximum absolute atomic E-state index is 11.9. The molecule has 1 aromatic rings. The molecule has 0 atom stereocenters. The number of amides is 1. The average molecular weight is 262 g/mol. The van der Waals surface area contributed by atoms with Gasteiger partial charge in [0, 0.05) is 11.2 Å². The van der Waals surface area contributed by atoms with Crippen LogP contribution in [0.1, 0.15) is 32.6 Å². The van der Waals surface area contributed by atoms with E-state index in [4.69, 9.17) is 4.74 Å². The molecule has 4 nitrogen and oxygen atoms in total. The van der Waals surface area contributed by atoms with Crippen LogP contribution in [0.15, 0.2) is 24.3 Å². The normalized spacial score (nSPS) is 17.2. The maximum Gasteiger partial charge on any atom is 0.238 e. The first-order chi connectivity index (χ1) is 9.11. The molecule has 104 valence electrons. The van der Waals surface area contributed by atoms with E-state index >= 15 is 0 Å². The van der Waals surface area contributed by atoms with E-state index in [2.05, 4.69) is 17.6 Å².